The number of sulfonamides is 1. The van der Waals surface area contributed by atoms with Crippen molar-refractivity contribution in [3.8, 4) is 0 Å². The van der Waals surface area contributed by atoms with Crippen molar-refractivity contribution in [2.75, 3.05) is 33.4 Å². The van der Waals surface area contributed by atoms with E-state index < -0.39 is 10.0 Å². The molecule has 0 spiro atoms. The predicted octanol–water partition coefficient (Wildman–Crippen LogP) is 1.26. The number of halogens is 1. The van der Waals surface area contributed by atoms with Gasteiger partial charge in [0.25, 0.3) is 10.0 Å². The summed E-state index contributed by atoms with van der Waals surface area (Å²) in [6.45, 7) is 7.61. The highest BCUT2D eigenvalue weighted by molar-refractivity contribution is 7.89. The number of aromatic nitrogens is 2. The summed E-state index contributed by atoms with van der Waals surface area (Å²) in [7, 11) is -1.93. The number of piperidine rings is 1. The lowest BCUT2D eigenvalue weighted by molar-refractivity contribution is 0.0577. The molecule has 1 aromatic rings. The van der Waals surface area contributed by atoms with E-state index >= 15 is 0 Å². The van der Waals surface area contributed by atoms with Crippen LogP contribution in [0.25, 0.3) is 0 Å². The van der Waals surface area contributed by atoms with E-state index in [0.29, 0.717) is 19.1 Å². The lowest BCUT2D eigenvalue weighted by atomic mass is 9.80. The normalized spacial score (nSPS) is 17.7. The minimum absolute atomic E-state index is 0. The molecular weight excluding hydrogens is 352 g/mol. The molecule has 1 fully saturated rings. The minimum Gasteiger partial charge on any atom is -0.384 e. The van der Waals surface area contributed by atoms with Gasteiger partial charge in [0.05, 0.1) is 12.9 Å². The molecule has 140 valence electrons. The molecule has 1 aliphatic heterocycles. The summed E-state index contributed by atoms with van der Waals surface area (Å²) in [6, 6.07) is 0. The van der Waals surface area contributed by atoms with Crippen LogP contribution in [-0.4, -0.2) is 51.3 Å². The highest BCUT2D eigenvalue weighted by atomic mass is 35.5. The van der Waals surface area contributed by atoms with E-state index in [1.165, 1.54) is 0 Å². The van der Waals surface area contributed by atoms with Gasteiger partial charge < -0.3 is 14.6 Å². The molecule has 0 atom stereocenters. The van der Waals surface area contributed by atoms with Crippen LogP contribution in [0.4, 0.5) is 0 Å². The lowest BCUT2D eigenvalue weighted by Crippen LogP contribution is -2.47. The fourth-order valence-corrected chi connectivity index (χ4v) is 4.06. The first-order valence-electron chi connectivity index (χ1n) is 8.08. The zero-order chi connectivity index (χ0) is 16.9. The summed E-state index contributed by atoms with van der Waals surface area (Å²) in [5.41, 5.74) is -0.145. The summed E-state index contributed by atoms with van der Waals surface area (Å²) < 4.78 is 34.8. The largest absolute Gasteiger partial charge is 0.384 e. The van der Waals surface area contributed by atoms with Gasteiger partial charge in [0, 0.05) is 31.8 Å². The number of hydrogen-bond donors (Lipinski definition) is 2. The summed E-state index contributed by atoms with van der Waals surface area (Å²) in [4.78, 5) is 4.04. The molecule has 2 rings (SSSR count). The fourth-order valence-electron chi connectivity index (χ4n) is 2.96. The average Bonchev–Trinajstić information content (AvgIpc) is 2.95. The third-order valence-electron chi connectivity index (χ3n) is 4.21. The Morgan fingerprint density at radius 1 is 1.42 bits per heavy atom. The summed E-state index contributed by atoms with van der Waals surface area (Å²) in [5.74, 6) is 0.437. The second-order valence-electron chi connectivity index (χ2n) is 6.81. The van der Waals surface area contributed by atoms with Crippen LogP contribution in [-0.2, 0) is 21.3 Å². The first kappa shape index (κ1) is 21.4. The second-order valence-corrected chi connectivity index (χ2v) is 8.52. The molecule has 1 aromatic heterocycles. The van der Waals surface area contributed by atoms with Gasteiger partial charge in [-0.15, -0.1) is 12.4 Å². The maximum atomic E-state index is 12.5. The van der Waals surface area contributed by atoms with Gasteiger partial charge >= 0.3 is 0 Å². The molecule has 1 saturated heterocycles. The Balaban J connectivity index is 0.00000288. The molecule has 24 heavy (non-hydrogen) atoms. The molecule has 0 unspecified atom stereocenters. The fraction of sp³-hybridized carbons (Fsp3) is 0.800. The topological polar surface area (TPSA) is 85.2 Å². The molecular formula is C15H29ClN4O3S. The van der Waals surface area contributed by atoms with Crippen LogP contribution in [0.5, 0.6) is 0 Å². The van der Waals surface area contributed by atoms with Crippen molar-refractivity contribution >= 4 is 22.4 Å². The van der Waals surface area contributed by atoms with E-state index in [2.05, 4.69) is 28.9 Å². The smallest absolute Gasteiger partial charge is 0.259 e. The Morgan fingerprint density at radius 2 is 2.08 bits per heavy atom. The number of ether oxygens (including phenoxy) is 1. The summed E-state index contributed by atoms with van der Waals surface area (Å²) in [6.07, 6.45) is 4.95. The van der Waals surface area contributed by atoms with Crippen LogP contribution in [0.15, 0.2) is 17.6 Å². The Bertz CT molecular complexity index is 592. The first-order chi connectivity index (χ1) is 10.9. The molecule has 0 saturated carbocycles. The van der Waals surface area contributed by atoms with E-state index in [-0.39, 0.29) is 22.8 Å². The standard InChI is InChI=1S/C15H28N4O3S.ClH/c1-13(2)8-19-9-14(17-12-19)23(20,21)18-10-15(11-22-3)4-6-16-7-5-15;/h9,12-13,16,18H,4-8,10-11H2,1-3H3;1H. The van der Waals surface area contributed by atoms with Crippen LogP contribution in [0, 0.1) is 11.3 Å². The third kappa shape index (κ3) is 5.70. The van der Waals surface area contributed by atoms with Gasteiger partial charge in [0.15, 0.2) is 5.03 Å². The summed E-state index contributed by atoms with van der Waals surface area (Å²) >= 11 is 0. The average molecular weight is 381 g/mol. The Kier molecular flexibility index (Phi) is 8.14. The zero-order valence-corrected chi connectivity index (χ0v) is 16.3. The van der Waals surface area contributed by atoms with Crippen molar-refractivity contribution in [3.63, 3.8) is 0 Å². The van der Waals surface area contributed by atoms with Gasteiger partial charge in [-0.3, -0.25) is 0 Å². The second kappa shape index (κ2) is 9.15. The van der Waals surface area contributed by atoms with Gasteiger partial charge in [-0.05, 0) is 31.8 Å². The van der Waals surface area contributed by atoms with Crippen LogP contribution in [0.3, 0.4) is 0 Å². The SMILES string of the molecule is COCC1(CNS(=O)(=O)c2cn(CC(C)C)cn2)CCNCC1.Cl. The summed E-state index contributed by atoms with van der Waals surface area (Å²) in [5, 5.41) is 3.38. The van der Waals surface area contributed by atoms with Crippen molar-refractivity contribution in [2.24, 2.45) is 11.3 Å². The van der Waals surface area contributed by atoms with Crippen LogP contribution in [0.1, 0.15) is 26.7 Å². The maximum Gasteiger partial charge on any atom is 0.259 e. The lowest BCUT2D eigenvalue weighted by Gasteiger charge is -2.37. The predicted molar refractivity (Wildman–Crippen MR) is 95.9 cm³/mol. The van der Waals surface area contributed by atoms with Crippen LogP contribution < -0.4 is 10.0 Å². The van der Waals surface area contributed by atoms with E-state index in [4.69, 9.17) is 4.74 Å². The molecule has 9 heteroatoms. The van der Waals surface area contributed by atoms with Gasteiger partial charge in [-0.1, -0.05) is 13.8 Å². The molecule has 0 amide bonds. The molecule has 1 aliphatic rings. The van der Waals surface area contributed by atoms with Crippen molar-refractivity contribution < 1.29 is 13.2 Å². The molecule has 0 radical (unpaired) electrons. The minimum atomic E-state index is -3.59. The quantitative estimate of drug-likeness (QED) is 0.709. The number of nitrogens with one attached hydrogen (secondary N) is 2. The first-order valence-corrected chi connectivity index (χ1v) is 9.56. The third-order valence-corrected chi connectivity index (χ3v) is 5.50. The molecule has 0 aromatic carbocycles. The number of nitrogens with zero attached hydrogens (tertiary/aromatic N) is 2. The van der Waals surface area contributed by atoms with Gasteiger partial charge in [-0.2, -0.15) is 0 Å². The Labute approximate surface area is 151 Å². The Hall–Kier alpha value is -0.670. The van der Waals surface area contributed by atoms with E-state index in [0.717, 1.165) is 32.5 Å². The zero-order valence-electron chi connectivity index (χ0n) is 14.6. The van der Waals surface area contributed by atoms with Crippen LogP contribution in [0.2, 0.25) is 0 Å². The van der Waals surface area contributed by atoms with Crippen molar-refractivity contribution in [1.29, 1.82) is 0 Å². The molecule has 0 bridgehead atoms. The highest BCUT2D eigenvalue weighted by Crippen LogP contribution is 2.28. The molecule has 0 aliphatic carbocycles. The number of methoxy groups -OCH3 is 1. The highest BCUT2D eigenvalue weighted by Gasteiger charge is 2.34. The number of rotatable bonds is 8. The van der Waals surface area contributed by atoms with Crippen molar-refractivity contribution in [3.05, 3.63) is 12.5 Å². The van der Waals surface area contributed by atoms with E-state index in [1.54, 1.807) is 19.6 Å². The molecule has 2 heterocycles. The van der Waals surface area contributed by atoms with Gasteiger partial charge in [-0.25, -0.2) is 18.1 Å². The molecule has 2 N–H and O–H groups in total. The maximum absolute atomic E-state index is 12.5. The number of imidazole rings is 1. The van der Waals surface area contributed by atoms with E-state index in [1.807, 2.05) is 4.57 Å². The monoisotopic (exact) mass is 380 g/mol. The Morgan fingerprint density at radius 3 is 2.67 bits per heavy atom. The number of hydrogen-bond acceptors (Lipinski definition) is 5. The van der Waals surface area contributed by atoms with Gasteiger partial charge in [0.2, 0.25) is 0 Å². The van der Waals surface area contributed by atoms with Crippen molar-refractivity contribution in [1.82, 2.24) is 19.6 Å². The molecule has 7 nitrogen and oxygen atoms in total. The van der Waals surface area contributed by atoms with Crippen molar-refractivity contribution in [2.45, 2.75) is 38.3 Å². The van der Waals surface area contributed by atoms with E-state index in [9.17, 15) is 8.42 Å². The van der Waals surface area contributed by atoms with Gasteiger partial charge in [0.1, 0.15) is 0 Å². The van der Waals surface area contributed by atoms with Crippen LogP contribution >= 0.6 is 12.4 Å².